The van der Waals surface area contributed by atoms with Gasteiger partial charge in [-0.25, -0.2) is 0 Å². The molecule has 1 aromatic rings. The first kappa shape index (κ1) is 20.1. The molecule has 0 radical (unpaired) electrons. The van der Waals surface area contributed by atoms with Crippen LogP contribution in [0.15, 0.2) is 18.2 Å². The maximum atomic E-state index is 12.5. The molecule has 1 saturated carbocycles. The minimum Gasteiger partial charge on any atom is -0.493 e. The number of aliphatic carboxylic acids is 1. The average Bonchev–Trinajstić information content (AvgIpc) is 2.65. The molecule has 0 aliphatic heterocycles. The van der Waals surface area contributed by atoms with Crippen molar-refractivity contribution < 1.29 is 24.2 Å². The number of hydrogen-bond acceptors (Lipinski definition) is 4. The van der Waals surface area contributed by atoms with Gasteiger partial charge in [0.05, 0.1) is 20.1 Å². The Kier molecular flexibility index (Phi) is 6.51. The highest BCUT2D eigenvalue weighted by Gasteiger charge is 2.32. The van der Waals surface area contributed by atoms with Crippen molar-refractivity contribution in [3.63, 3.8) is 0 Å². The predicted octanol–water partition coefficient (Wildman–Crippen LogP) is 2.99. The van der Waals surface area contributed by atoms with Crippen LogP contribution in [-0.4, -0.2) is 37.7 Å². The van der Waals surface area contributed by atoms with Gasteiger partial charge in [-0.15, -0.1) is 0 Å². The van der Waals surface area contributed by atoms with Crippen LogP contribution < -0.4 is 14.8 Å². The van der Waals surface area contributed by atoms with Gasteiger partial charge in [-0.3, -0.25) is 9.59 Å². The smallest absolute Gasteiger partial charge is 0.306 e. The Labute approximate surface area is 154 Å². The lowest BCUT2D eigenvalue weighted by atomic mass is 9.80. The molecule has 1 amide bonds. The number of carbonyl (C=O) groups excluding carboxylic acids is 1. The molecule has 1 aliphatic rings. The third-order valence-electron chi connectivity index (χ3n) is 5.26. The van der Waals surface area contributed by atoms with Crippen molar-refractivity contribution in [1.29, 1.82) is 0 Å². The number of nitrogens with one attached hydrogen (secondary N) is 1. The van der Waals surface area contributed by atoms with Crippen LogP contribution in [0.4, 0.5) is 0 Å². The molecule has 0 aromatic heterocycles. The minimum absolute atomic E-state index is 0.0514. The van der Waals surface area contributed by atoms with Gasteiger partial charge >= 0.3 is 5.97 Å². The van der Waals surface area contributed by atoms with E-state index in [4.69, 9.17) is 9.47 Å². The van der Waals surface area contributed by atoms with Crippen molar-refractivity contribution in [3.05, 3.63) is 23.8 Å². The zero-order chi connectivity index (χ0) is 19.3. The SMILES string of the molecule is COc1ccc(C(C)(C)CNC(=O)C2CCCC(C(=O)O)C2)cc1OC. The van der Waals surface area contributed by atoms with Gasteiger partial charge in [0.25, 0.3) is 0 Å². The number of methoxy groups -OCH3 is 2. The Bertz CT molecular complexity index is 656. The zero-order valence-electron chi connectivity index (χ0n) is 16.0. The van der Waals surface area contributed by atoms with Crippen LogP contribution >= 0.6 is 0 Å². The lowest BCUT2D eigenvalue weighted by Gasteiger charge is -2.29. The van der Waals surface area contributed by atoms with E-state index in [9.17, 15) is 14.7 Å². The second-order valence-corrected chi connectivity index (χ2v) is 7.57. The van der Waals surface area contributed by atoms with Crippen LogP contribution in [0, 0.1) is 11.8 Å². The topological polar surface area (TPSA) is 84.9 Å². The normalized spacial score (nSPS) is 20.3. The first-order chi connectivity index (χ1) is 12.3. The first-order valence-electron chi connectivity index (χ1n) is 9.01. The summed E-state index contributed by atoms with van der Waals surface area (Å²) in [6, 6.07) is 5.75. The van der Waals surface area contributed by atoms with Crippen LogP contribution in [0.25, 0.3) is 0 Å². The molecular formula is C20H29NO5. The fourth-order valence-electron chi connectivity index (χ4n) is 3.46. The summed E-state index contributed by atoms with van der Waals surface area (Å²) in [5.74, 6) is -0.152. The summed E-state index contributed by atoms with van der Waals surface area (Å²) in [5.41, 5.74) is 0.735. The number of carboxylic acid groups (broad SMARTS) is 1. The Morgan fingerprint density at radius 3 is 2.42 bits per heavy atom. The highest BCUT2D eigenvalue weighted by atomic mass is 16.5. The molecule has 0 heterocycles. The summed E-state index contributed by atoms with van der Waals surface area (Å²) in [6.07, 6.45) is 2.63. The maximum Gasteiger partial charge on any atom is 0.306 e. The molecule has 0 spiro atoms. The minimum atomic E-state index is -0.798. The van der Waals surface area contributed by atoms with E-state index in [1.165, 1.54) is 0 Å². The summed E-state index contributed by atoms with van der Waals surface area (Å²) in [4.78, 5) is 23.7. The van der Waals surface area contributed by atoms with Crippen molar-refractivity contribution in [2.75, 3.05) is 20.8 Å². The predicted molar refractivity (Wildman–Crippen MR) is 98.7 cm³/mol. The third kappa shape index (κ3) is 4.68. The molecule has 6 nitrogen and oxygen atoms in total. The van der Waals surface area contributed by atoms with Crippen LogP contribution in [0.2, 0.25) is 0 Å². The van der Waals surface area contributed by atoms with Gasteiger partial charge < -0.3 is 19.9 Å². The standard InChI is InChI=1S/C20H29NO5/c1-20(2,15-8-9-16(25-3)17(11-15)26-4)12-21-18(22)13-6-5-7-14(10-13)19(23)24/h8-9,11,13-14H,5-7,10,12H2,1-4H3,(H,21,22)(H,23,24). The monoisotopic (exact) mass is 363 g/mol. The quantitative estimate of drug-likeness (QED) is 0.778. The van der Waals surface area contributed by atoms with E-state index in [2.05, 4.69) is 19.2 Å². The van der Waals surface area contributed by atoms with E-state index in [-0.39, 0.29) is 17.2 Å². The van der Waals surface area contributed by atoms with Crippen LogP contribution in [0.5, 0.6) is 11.5 Å². The van der Waals surface area contributed by atoms with Crippen molar-refractivity contribution in [3.8, 4) is 11.5 Å². The van der Waals surface area contributed by atoms with E-state index in [1.54, 1.807) is 14.2 Å². The lowest BCUT2D eigenvalue weighted by molar-refractivity contribution is -0.144. The number of amides is 1. The number of carbonyl (C=O) groups is 2. The van der Waals surface area contributed by atoms with Crippen molar-refractivity contribution >= 4 is 11.9 Å². The van der Waals surface area contributed by atoms with Crippen LogP contribution in [0.3, 0.4) is 0 Å². The number of rotatable bonds is 7. The molecule has 0 saturated heterocycles. The van der Waals surface area contributed by atoms with Gasteiger partial charge in [0.1, 0.15) is 0 Å². The lowest BCUT2D eigenvalue weighted by Crippen LogP contribution is -2.41. The highest BCUT2D eigenvalue weighted by Crippen LogP contribution is 2.33. The molecule has 1 aliphatic carbocycles. The van der Waals surface area contributed by atoms with E-state index < -0.39 is 11.9 Å². The zero-order valence-corrected chi connectivity index (χ0v) is 16.0. The summed E-state index contributed by atoms with van der Waals surface area (Å²) in [7, 11) is 3.19. The second-order valence-electron chi connectivity index (χ2n) is 7.57. The molecule has 1 aromatic carbocycles. The number of carboxylic acids is 1. The fourth-order valence-corrected chi connectivity index (χ4v) is 3.46. The molecule has 2 N–H and O–H groups in total. The highest BCUT2D eigenvalue weighted by molar-refractivity contribution is 5.80. The van der Waals surface area contributed by atoms with E-state index in [1.807, 2.05) is 18.2 Å². The Balaban J connectivity index is 2.01. The number of ether oxygens (including phenoxy) is 2. The molecule has 2 unspecified atom stereocenters. The summed E-state index contributed by atoms with van der Waals surface area (Å²) >= 11 is 0. The molecule has 0 bridgehead atoms. The van der Waals surface area contributed by atoms with E-state index in [0.717, 1.165) is 18.4 Å². The summed E-state index contributed by atoms with van der Waals surface area (Å²) in [5, 5.41) is 12.2. The Hall–Kier alpha value is -2.24. The molecule has 2 atom stereocenters. The second kappa shape index (κ2) is 8.43. The summed E-state index contributed by atoms with van der Waals surface area (Å²) in [6.45, 7) is 4.57. The van der Waals surface area contributed by atoms with Gasteiger partial charge in [-0.1, -0.05) is 26.3 Å². The third-order valence-corrected chi connectivity index (χ3v) is 5.26. The van der Waals surface area contributed by atoms with Gasteiger partial charge in [0, 0.05) is 17.9 Å². The van der Waals surface area contributed by atoms with Crippen molar-refractivity contribution in [2.45, 2.75) is 44.9 Å². The average molecular weight is 363 g/mol. The molecule has 144 valence electrons. The van der Waals surface area contributed by atoms with Gasteiger partial charge in [-0.2, -0.15) is 0 Å². The van der Waals surface area contributed by atoms with Crippen molar-refractivity contribution in [1.82, 2.24) is 5.32 Å². The van der Waals surface area contributed by atoms with Gasteiger partial charge in [0.2, 0.25) is 5.91 Å². The largest absolute Gasteiger partial charge is 0.493 e. The van der Waals surface area contributed by atoms with Crippen LogP contribution in [0.1, 0.15) is 45.1 Å². The molecule has 26 heavy (non-hydrogen) atoms. The van der Waals surface area contributed by atoms with E-state index in [0.29, 0.717) is 30.9 Å². The molecule has 6 heteroatoms. The number of benzene rings is 1. The molecule has 2 rings (SSSR count). The Morgan fingerprint density at radius 2 is 1.81 bits per heavy atom. The molecule has 1 fully saturated rings. The van der Waals surface area contributed by atoms with Crippen molar-refractivity contribution in [2.24, 2.45) is 11.8 Å². The fraction of sp³-hybridized carbons (Fsp3) is 0.600. The van der Waals surface area contributed by atoms with Gasteiger partial charge in [0.15, 0.2) is 11.5 Å². The molecular weight excluding hydrogens is 334 g/mol. The number of hydrogen-bond donors (Lipinski definition) is 2. The first-order valence-corrected chi connectivity index (χ1v) is 9.01. The van der Waals surface area contributed by atoms with Gasteiger partial charge in [-0.05, 0) is 37.0 Å². The summed E-state index contributed by atoms with van der Waals surface area (Å²) < 4.78 is 10.6. The van der Waals surface area contributed by atoms with Crippen LogP contribution in [-0.2, 0) is 15.0 Å². The maximum absolute atomic E-state index is 12.5. The Morgan fingerprint density at radius 1 is 1.15 bits per heavy atom. The van der Waals surface area contributed by atoms with E-state index >= 15 is 0 Å².